The molecule has 2 heteroatoms. The van der Waals surface area contributed by atoms with Gasteiger partial charge in [-0.05, 0) is 31.0 Å². The van der Waals surface area contributed by atoms with Crippen molar-refractivity contribution in [1.29, 1.82) is 0 Å². The van der Waals surface area contributed by atoms with E-state index in [9.17, 15) is 0 Å². The molecule has 0 aliphatic carbocycles. The third-order valence-electron chi connectivity index (χ3n) is 2.85. The van der Waals surface area contributed by atoms with Gasteiger partial charge in [-0.1, -0.05) is 36.4 Å². The van der Waals surface area contributed by atoms with E-state index in [-0.39, 0.29) is 0 Å². The summed E-state index contributed by atoms with van der Waals surface area (Å²) in [4.78, 5) is 4.74. The first kappa shape index (κ1) is 10.5. The fraction of sp³-hybridized carbons (Fsp3) is 0.133. The molecule has 1 heterocycles. The van der Waals surface area contributed by atoms with Gasteiger partial charge >= 0.3 is 0 Å². The second-order valence-electron chi connectivity index (χ2n) is 4.31. The van der Waals surface area contributed by atoms with E-state index in [1.54, 1.807) is 11.3 Å². The van der Waals surface area contributed by atoms with Crippen molar-refractivity contribution in [2.75, 3.05) is 0 Å². The fourth-order valence-corrected chi connectivity index (χ4v) is 3.22. The number of aryl methyl sites for hydroxylation is 2. The molecule has 1 nitrogen and oxygen atoms in total. The SMILES string of the molecule is Cc1cc(C)c2nc(-c3ccccc3)sc2c1. The average Bonchev–Trinajstić information content (AvgIpc) is 2.74. The number of aromatic nitrogens is 1. The van der Waals surface area contributed by atoms with Crippen LogP contribution in [0.1, 0.15) is 11.1 Å². The van der Waals surface area contributed by atoms with Crippen molar-refractivity contribution in [3.63, 3.8) is 0 Å². The number of hydrogen-bond donors (Lipinski definition) is 0. The molecule has 17 heavy (non-hydrogen) atoms. The molecule has 3 rings (SSSR count). The Morgan fingerprint density at radius 1 is 1.00 bits per heavy atom. The van der Waals surface area contributed by atoms with Crippen LogP contribution in [0, 0.1) is 13.8 Å². The van der Waals surface area contributed by atoms with Gasteiger partial charge in [-0.15, -0.1) is 11.3 Å². The molecule has 0 amide bonds. The molecule has 0 bridgehead atoms. The Balaban J connectivity index is 2.24. The molecular formula is C15H13NS. The van der Waals surface area contributed by atoms with E-state index in [1.165, 1.54) is 21.4 Å². The van der Waals surface area contributed by atoms with E-state index in [0.717, 1.165) is 10.5 Å². The van der Waals surface area contributed by atoms with Crippen molar-refractivity contribution in [3.8, 4) is 10.6 Å². The van der Waals surface area contributed by atoms with Gasteiger partial charge in [-0.25, -0.2) is 4.98 Å². The standard InChI is InChI=1S/C15H13NS/c1-10-8-11(2)14-13(9-10)17-15(16-14)12-6-4-3-5-7-12/h3-9H,1-2H3. The van der Waals surface area contributed by atoms with Crippen LogP contribution in [0.4, 0.5) is 0 Å². The first-order valence-electron chi connectivity index (χ1n) is 5.67. The van der Waals surface area contributed by atoms with Crippen LogP contribution >= 0.6 is 11.3 Å². The number of fused-ring (bicyclic) bond motifs is 1. The molecule has 0 unspecified atom stereocenters. The van der Waals surface area contributed by atoms with Crippen molar-refractivity contribution in [3.05, 3.63) is 53.6 Å². The zero-order valence-corrected chi connectivity index (χ0v) is 10.7. The average molecular weight is 239 g/mol. The molecule has 0 saturated heterocycles. The van der Waals surface area contributed by atoms with Crippen LogP contribution in [0.5, 0.6) is 0 Å². The van der Waals surface area contributed by atoms with Crippen molar-refractivity contribution >= 4 is 21.6 Å². The molecule has 0 spiro atoms. The highest BCUT2D eigenvalue weighted by Gasteiger charge is 2.08. The van der Waals surface area contributed by atoms with E-state index in [4.69, 9.17) is 4.98 Å². The first-order valence-corrected chi connectivity index (χ1v) is 6.49. The molecule has 0 atom stereocenters. The van der Waals surface area contributed by atoms with Gasteiger partial charge in [0.15, 0.2) is 0 Å². The topological polar surface area (TPSA) is 12.9 Å². The maximum absolute atomic E-state index is 4.74. The van der Waals surface area contributed by atoms with Gasteiger partial charge in [-0.3, -0.25) is 0 Å². The maximum atomic E-state index is 4.74. The lowest BCUT2D eigenvalue weighted by molar-refractivity contribution is 1.38. The molecule has 0 saturated carbocycles. The summed E-state index contributed by atoms with van der Waals surface area (Å²) in [6.45, 7) is 4.26. The third-order valence-corrected chi connectivity index (χ3v) is 3.90. The second-order valence-corrected chi connectivity index (χ2v) is 5.34. The molecule has 84 valence electrons. The Morgan fingerprint density at radius 2 is 1.76 bits per heavy atom. The van der Waals surface area contributed by atoms with Gasteiger partial charge in [0.1, 0.15) is 5.01 Å². The number of hydrogen-bond acceptors (Lipinski definition) is 2. The van der Waals surface area contributed by atoms with Crippen molar-refractivity contribution in [2.45, 2.75) is 13.8 Å². The highest BCUT2D eigenvalue weighted by atomic mass is 32.1. The zero-order chi connectivity index (χ0) is 11.8. The summed E-state index contributed by atoms with van der Waals surface area (Å²) >= 11 is 1.77. The van der Waals surface area contributed by atoms with Crippen LogP contribution in [0.2, 0.25) is 0 Å². The zero-order valence-electron chi connectivity index (χ0n) is 9.90. The van der Waals surface area contributed by atoms with Crippen LogP contribution < -0.4 is 0 Å². The summed E-state index contributed by atoms with van der Waals surface area (Å²) in [5.74, 6) is 0. The minimum absolute atomic E-state index is 1.11. The molecule has 3 aromatic rings. The minimum atomic E-state index is 1.11. The summed E-state index contributed by atoms with van der Waals surface area (Å²) in [5, 5.41) is 1.11. The van der Waals surface area contributed by atoms with E-state index < -0.39 is 0 Å². The predicted molar refractivity (Wildman–Crippen MR) is 74.5 cm³/mol. The number of rotatable bonds is 1. The number of nitrogens with zero attached hydrogens (tertiary/aromatic N) is 1. The van der Waals surface area contributed by atoms with Crippen LogP contribution in [0.25, 0.3) is 20.8 Å². The summed E-state index contributed by atoms with van der Waals surface area (Å²) in [5.41, 5.74) is 4.90. The Morgan fingerprint density at radius 3 is 2.53 bits per heavy atom. The number of benzene rings is 2. The third kappa shape index (κ3) is 1.85. The predicted octanol–water partition coefficient (Wildman–Crippen LogP) is 4.58. The Hall–Kier alpha value is -1.67. The Bertz CT molecular complexity index is 668. The highest BCUT2D eigenvalue weighted by molar-refractivity contribution is 7.21. The lowest BCUT2D eigenvalue weighted by Gasteiger charge is -1.96. The van der Waals surface area contributed by atoms with Gasteiger partial charge in [0, 0.05) is 5.56 Å². The molecule has 0 N–H and O–H groups in total. The second kappa shape index (κ2) is 3.97. The van der Waals surface area contributed by atoms with Crippen LogP contribution in [-0.2, 0) is 0 Å². The monoisotopic (exact) mass is 239 g/mol. The minimum Gasteiger partial charge on any atom is -0.236 e. The first-order chi connectivity index (χ1) is 8.24. The lowest BCUT2D eigenvalue weighted by atomic mass is 10.1. The van der Waals surface area contributed by atoms with Crippen molar-refractivity contribution in [1.82, 2.24) is 4.98 Å². The van der Waals surface area contributed by atoms with Crippen LogP contribution in [0.15, 0.2) is 42.5 Å². The van der Waals surface area contributed by atoms with Crippen molar-refractivity contribution < 1.29 is 0 Å². The summed E-state index contributed by atoms with van der Waals surface area (Å²) in [7, 11) is 0. The summed E-state index contributed by atoms with van der Waals surface area (Å²) in [6, 6.07) is 14.8. The van der Waals surface area contributed by atoms with Gasteiger partial charge in [0.05, 0.1) is 10.2 Å². The fourth-order valence-electron chi connectivity index (χ4n) is 2.07. The number of thiazole rings is 1. The molecular weight excluding hydrogens is 226 g/mol. The quantitative estimate of drug-likeness (QED) is 0.605. The van der Waals surface area contributed by atoms with Crippen LogP contribution in [-0.4, -0.2) is 4.98 Å². The Labute approximate surface area is 105 Å². The van der Waals surface area contributed by atoms with E-state index in [2.05, 4.69) is 50.2 Å². The van der Waals surface area contributed by atoms with Gasteiger partial charge < -0.3 is 0 Å². The maximum Gasteiger partial charge on any atom is 0.124 e. The lowest BCUT2D eigenvalue weighted by Crippen LogP contribution is -1.79. The largest absolute Gasteiger partial charge is 0.236 e. The molecule has 0 radical (unpaired) electrons. The van der Waals surface area contributed by atoms with Gasteiger partial charge in [0.25, 0.3) is 0 Å². The molecule has 0 aliphatic rings. The molecule has 2 aromatic carbocycles. The smallest absolute Gasteiger partial charge is 0.124 e. The highest BCUT2D eigenvalue weighted by Crippen LogP contribution is 2.32. The van der Waals surface area contributed by atoms with Crippen LogP contribution in [0.3, 0.4) is 0 Å². The van der Waals surface area contributed by atoms with Gasteiger partial charge in [0.2, 0.25) is 0 Å². The molecule has 1 aromatic heterocycles. The molecule has 0 fully saturated rings. The van der Waals surface area contributed by atoms with E-state index >= 15 is 0 Å². The molecule has 0 aliphatic heterocycles. The van der Waals surface area contributed by atoms with Gasteiger partial charge in [-0.2, -0.15) is 0 Å². The normalized spacial score (nSPS) is 10.9. The summed E-state index contributed by atoms with van der Waals surface area (Å²) < 4.78 is 1.28. The van der Waals surface area contributed by atoms with E-state index in [1.807, 2.05) is 6.07 Å². The van der Waals surface area contributed by atoms with E-state index in [0.29, 0.717) is 0 Å². The van der Waals surface area contributed by atoms with Crippen molar-refractivity contribution in [2.24, 2.45) is 0 Å². The summed E-state index contributed by atoms with van der Waals surface area (Å²) in [6.07, 6.45) is 0. The Kier molecular flexibility index (Phi) is 2.45.